The molecule has 0 aliphatic heterocycles. The number of nitrogens with zero attached hydrogens (tertiary/aromatic N) is 3. The molecule has 0 unspecified atom stereocenters. The van der Waals surface area contributed by atoms with Crippen LogP contribution in [0.1, 0.15) is 10.4 Å². The van der Waals surface area contributed by atoms with Crippen molar-refractivity contribution in [1.82, 2.24) is 14.8 Å². The zero-order chi connectivity index (χ0) is 16.4. The van der Waals surface area contributed by atoms with Crippen molar-refractivity contribution in [3.8, 4) is 17.1 Å². The van der Waals surface area contributed by atoms with Gasteiger partial charge in [-0.05, 0) is 36.4 Å². The lowest BCUT2D eigenvalue weighted by molar-refractivity contribution is 0.0945. The molecule has 0 fully saturated rings. The minimum atomic E-state index is -0.410. The number of para-hydroxylation sites is 1. The lowest BCUT2D eigenvalue weighted by Gasteiger charge is -2.06. The third kappa shape index (κ3) is 2.89. The van der Waals surface area contributed by atoms with Crippen LogP contribution < -0.4 is 10.5 Å². The van der Waals surface area contributed by atoms with E-state index in [1.54, 1.807) is 48.5 Å². The van der Waals surface area contributed by atoms with Gasteiger partial charge in [0, 0.05) is 10.6 Å². The summed E-state index contributed by atoms with van der Waals surface area (Å²) in [6.07, 6.45) is 0. The summed E-state index contributed by atoms with van der Waals surface area (Å²) in [7, 11) is 1.50. The first-order chi connectivity index (χ1) is 11.1. The molecular weight excluding hydrogens is 316 g/mol. The van der Waals surface area contributed by atoms with Gasteiger partial charge >= 0.3 is 0 Å². The molecule has 0 atom stereocenters. The number of nitrogens with two attached hydrogens (primary N) is 1. The summed E-state index contributed by atoms with van der Waals surface area (Å²) in [4.78, 5) is 16.8. The number of halogens is 1. The highest BCUT2D eigenvalue weighted by Gasteiger charge is 2.19. The second kappa shape index (κ2) is 6.10. The topological polar surface area (TPSA) is 83.0 Å². The van der Waals surface area contributed by atoms with Crippen LogP contribution in [0.25, 0.3) is 11.4 Å². The molecule has 3 rings (SSSR count). The number of benzene rings is 2. The van der Waals surface area contributed by atoms with Gasteiger partial charge in [0.15, 0.2) is 5.82 Å². The van der Waals surface area contributed by atoms with E-state index in [0.717, 1.165) is 4.68 Å². The average Bonchev–Trinajstić information content (AvgIpc) is 2.96. The molecule has 1 aromatic heterocycles. The maximum atomic E-state index is 12.6. The van der Waals surface area contributed by atoms with Crippen molar-refractivity contribution in [2.75, 3.05) is 12.8 Å². The highest BCUT2D eigenvalue weighted by atomic mass is 35.5. The lowest BCUT2D eigenvalue weighted by atomic mass is 10.2. The first-order valence-corrected chi connectivity index (χ1v) is 7.14. The van der Waals surface area contributed by atoms with Crippen molar-refractivity contribution >= 4 is 23.5 Å². The fourth-order valence-corrected chi connectivity index (χ4v) is 2.26. The Bertz CT molecular complexity index is 859. The van der Waals surface area contributed by atoms with Gasteiger partial charge < -0.3 is 10.5 Å². The summed E-state index contributed by atoms with van der Waals surface area (Å²) in [6.45, 7) is 0. The Morgan fingerprint density at radius 3 is 2.57 bits per heavy atom. The van der Waals surface area contributed by atoms with Crippen LogP contribution in [0.5, 0.6) is 5.75 Å². The third-order valence-corrected chi connectivity index (χ3v) is 3.52. The smallest absolute Gasteiger partial charge is 0.285 e. The number of aromatic nitrogens is 3. The van der Waals surface area contributed by atoms with Crippen molar-refractivity contribution in [3.05, 3.63) is 59.1 Å². The quantitative estimate of drug-likeness (QED) is 0.799. The van der Waals surface area contributed by atoms with Crippen LogP contribution >= 0.6 is 11.6 Å². The van der Waals surface area contributed by atoms with E-state index in [1.807, 2.05) is 0 Å². The Balaban J connectivity index is 2.01. The minimum Gasteiger partial charge on any atom is -0.496 e. The second-order valence-corrected chi connectivity index (χ2v) is 5.15. The molecule has 3 aromatic rings. The molecule has 0 bridgehead atoms. The Morgan fingerprint density at radius 2 is 1.87 bits per heavy atom. The fraction of sp³-hybridized carbons (Fsp3) is 0.0625. The Labute approximate surface area is 137 Å². The average molecular weight is 329 g/mol. The van der Waals surface area contributed by atoms with Crippen LogP contribution in [0.15, 0.2) is 48.5 Å². The summed E-state index contributed by atoms with van der Waals surface area (Å²) in [5.41, 5.74) is 6.91. The first kappa shape index (κ1) is 15.1. The number of nitrogen functional groups attached to an aromatic ring is 1. The number of carbonyl (C=O) groups is 1. The second-order valence-electron chi connectivity index (χ2n) is 4.72. The SMILES string of the molecule is COc1ccccc1C(=O)n1nc(-c2ccc(Cl)cc2)nc1N. The van der Waals surface area contributed by atoms with Gasteiger partial charge in [0.1, 0.15) is 5.75 Å². The van der Waals surface area contributed by atoms with E-state index in [0.29, 0.717) is 27.7 Å². The van der Waals surface area contributed by atoms with Crippen LogP contribution in [0, 0.1) is 0 Å². The Morgan fingerprint density at radius 1 is 1.17 bits per heavy atom. The normalized spacial score (nSPS) is 10.5. The van der Waals surface area contributed by atoms with Crippen molar-refractivity contribution < 1.29 is 9.53 Å². The monoisotopic (exact) mass is 328 g/mol. The van der Waals surface area contributed by atoms with Crippen LogP contribution in [-0.4, -0.2) is 27.8 Å². The van der Waals surface area contributed by atoms with Crippen LogP contribution in [-0.2, 0) is 0 Å². The minimum absolute atomic E-state index is 0.00542. The Kier molecular flexibility index (Phi) is 3.99. The van der Waals surface area contributed by atoms with E-state index in [9.17, 15) is 4.79 Å². The van der Waals surface area contributed by atoms with Gasteiger partial charge in [-0.3, -0.25) is 4.79 Å². The van der Waals surface area contributed by atoms with E-state index in [1.165, 1.54) is 7.11 Å². The number of anilines is 1. The van der Waals surface area contributed by atoms with E-state index in [-0.39, 0.29) is 5.95 Å². The predicted octanol–water partition coefficient (Wildman–Crippen LogP) is 2.88. The lowest BCUT2D eigenvalue weighted by Crippen LogP contribution is -2.17. The largest absolute Gasteiger partial charge is 0.496 e. The zero-order valence-electron chi connectivity index (χ0n) is 12.2. The first-order valence-electron chi connectivity index (χ1n) is 6.76. The molecule has 0 saturated carbocycles. The molecule has 2 N–H and O–H groups in total. The molecule has 1 heterocycles. The fourth-order valence-electron chi connectivity index (χ4n) is 2.13. The summed E-state index contributed by atoms with van der Waals surface area (Å²) in [5.74, 6) is 0.390. The molecule has 23 heavy (non-hydrogen) atoms. The predicted molar refractivity (Wildman–Crippen MR) is 87.6 cm³/mol. The molecule has 116 valence electrons. The molecule has 0 spiro atoms. The van der Waals surface area contributed by atoms with E-state index < -0.39 is 5.91 Å². The molecule has 0 amide bonds. The van der Waals surface area contributed by atoms with E-state index in [4.69, 9.17) is 22.1 Å². The van der Waals surface area contributed by atoms with Crippen molar-refractivity contribution in [1.29, 1.82) is 0 Å². The standard InChI is InChI=1S/C16H13ClN4O2/c1-23-13-5-3-2-4-12(13)15(22)21-16(18)19-14(20-21)10-6-8-11(17)9-7-10/h2-9H,1H3,(H2,18,19,20). The Hall–Kier alpha value is -2.86. The maximum absolute atomic E-state index is 12.6. The maximum Gasteiger partial charge on any atom is 0.285 e. The van der Waals surface area contributed by atoms with Crippen molar-refractivity contribution in [3.63, 3.8) is 0 Å². The van der Waals surface area contributed by atoms with Gasteiger partial charge in [-0.25, -0.2) is 0 Å². The van der Waals surface area contributed by atoms with Gasteiger partial charge in [-0.2, -0.15) is 9.67 Å². The summed E-state index contributed by atoms with van der Waals surface area (Å²) in [5, 5.41) is 4.80. The zero-order valence-corrected chi connectivity index (χ0v) is 13.0. The third-order valence-electron chi connectivity index (χ3n) is 3.26. The number of rotatable bonds is 3. The van der Waals surface area contributed by atoms with Crippen LogP contribution in [0.3, 0.4) is 0 Å². The molecular formula is C16H13ClN4O2. The summed E-state index contributed by atoms with van der Waals surface area (Å²) >= 11 is 5.86. The van der Waals surface area contributed by atoms with Gasteiger partial charge in [0.2, 0.25) is 5.95 Å². The number of methoxy groups -OCH3 is 1. The molecule has 6 nitrogen and oxygen atoms in total. The van der Waals surface area contributed by atoms with Crippen LogP contribution in [0.4, 0.5) is 5.95 Å². The molecule has 0 saturated heterocycles. The highest BCUT2D eigenvalue weighted by Crippen LogP contribution is 2.22. The number of ether oxygens (including phenoxy) is 1. The van der Waals surface area contributed by atoms with Gasteiger partial charge in [0.25, 0.3) is 5.91 Å². The summed E-state index contributed by atoms with van der Waals surface area (Å²) in [6, 6.07) is 13.8. The van der Waals surface area contributed by atoms with Gasteiger partial charge in [-0.15, -0.1) is 5.10 Å². The van der Waals surface area contributed by atoms with Crippen LogP contribution in [0.2, 0.25) is 5.02 Å². The van der Waals surface area contributed by atoms with E-state index in [2.05, 4.69) is 10.1 Å². The molecule has 2 aromatic carbocycles. The number of hydrogen-bond donors (Lipinski definition) is 1. The molecule has 0 aliphatic carbocycles. The molecule has 7 heteroatoms. The number of hydrogen-bond acceptors (Lipinski definition) is 5. The summed E-state index contributed by atoms with van der Waals surface area (Å²) < 4.78 is 6.25. The van der Waals surface area contributed by atoms with E-state index >= 15 is 0 Å². The number of carbonyl (C=O) groups excluding carboxylic acids is 1. The van der Waals surface area contributed by atoms with Crippen molar-refractivity contribution in [2.45, 2.75) is 0 Å². The molecule has 0 aliphatic rings. The van der Waals surface area contributed by atoms with Gasteiger partial charge in [-0.1, -0.05) is 23.7 Å². The van der Waals surface area contributed by atoms with Gasteiger partial charge in [0.05, 0.1) is 12.7 Å². The molecule has 0 radical (unpaired) electrons. The highest BCUT2D eigenvalue weighted by molar-refractivity contribution is 6.30. The van der Waals surface area contributed by atoms with Crippen molar-refractivity contribution in [2.24, 2.45) is 0 Å².